The van der Waals surface area contributed by atoms with Gasteiger partial charge in [-0.1, -0.05) is 18.2 Å². The third kappa shape index (κ3) is 4.13. The van der Waals surface area contributed by atoms with Gasteiger partial charge in [0.1, 0.15) is 0 Å². The van der Waals surface area contributed by atoms with Gasteiger partial charge in [-0.25, -0.2) is 4.79 Å². The van der Waals surface area contributed by atoms with E-state index in [9.17, 15) is 4.79 Å². The average Bonchev–Trinajstić information content (AvgIpc) is 2.17. The van der Waals surface area contributed by atoms with Gasteiger partial charge >= 0.3 is 5.97 Å². The lowest BCUT2D eigenvalue weighted by Gasteiger charge is -2.16. The van der Waals surface area contributed by atoms with Gasteiger partial charge in [-0.15, -0.1) is 0 Å². The van der Waals surface area contributed by atoms with Gasteiger partial charge in [-0.2, -0.15) is 0 Å². The summed E-state index contributed by atoms with van der Waals surface area (Å²) in [6, 6.07) is 8.87. The van der Waals surface area contributed by atoms with E-state index in [0.29, 0.717) is 5.56 Å². The number of carbonyl (C=O) groups excluding carboxylic acids is 1. The van der Waals surface area contributed by atoms with Crippen LogP contribution >= 0.6 is 0 Å². The number of benzene rings is 1. The van der Waals surface area contributed by atoms with E-state index in [2.05, 4.69) is 0 Å². The van der Waals surface area contributed by atoms with Crippen LogP contribution in [-0.2, 0) is 9.47 Å². The molecule has 0 saturated carbocycles. The highest BCUT2D eigenvalue weighted by Gasteiger charge is 2.12. The molecule has 0 amide bonds. The highest BCUT2D eigenvalue weighted by molar-refractivity contribution is 5.89. The van der Waals surface area contributed by atoms with E-state index in [4.69, 9.17) is 9.47 Å². The van der Waals surface area contributed by atoms with E-state index in [1.165, 1.54) is 0 Å². The standard InChI is InChI=1S/C12H16O3/c1-9(2)14-10(3)15-12(13)11-7-5-4-6-8-11/h4-10H,1-3H3/t10-/m0/s1. The minimum atomic E-state index is -0.516. The summed E-state index contributed by atoms with van der Waals surface area (Å²) in [4.78, 5) is 11.5. The van der Waals surface area contributed by atoms with Crippen LogP contribution in [0.25, 0.3) is 0 Å². The van der Waals surface area contributed by atoms with Crippen molar-refractivity contribution in [2.45, 2.75) is 33.2 Å². The number of ether oxygens (including phenoxy) is 2. The zero-order valence-corrected chi connectivity index (χ0v) is 9.27. The molecule has 82 valence electrons. The second-order valence-corrected chi connectivity index (χ2v) is 3.52. The molecule has 3 nitrogen and oxygen atoms in total. The molecule has 0 heterocycles. The largest absolute Gasteiger partial charge is 0.432 e. The second-order valence-electron chi connectivity index (χ2n) is 3.52. The summed E-state index contributed by atoms with van der Waals surface area (Å²) in [6.07, 6.45) is -0.471. The molecule has 1 atom stereocenters. The molecule has 1 aromatic carbocycles. The Kier molecular flexibility index (Phi) is 4.31. The Morgan fingerprint density at radius 1 is 1.13 bits per heavy atom. The molecular formula is C12H16O3. The monoisotopic (exact) mass is 208 g/mol. The van der Waals surface area contributed by atoms with Crippen LogP contribution in [0.1, 0.15) is 31.1 Å². The molecule has 0 aliphatic heterocycles. The predicted octanol–water partition coefficient (Wildman–Crippen LogP) is 2.61. The fraction of sp³-hybridized carbons (Fsp3) is 0.417. The summed E-state index contributed by atoms with van der Waals surface area (Å²) in [6.45, 7) is 5.50. The summed E-state index contributed by atoms with van der Waals surface area (Å²) < 4.78 is 10.4. The lowest BCUT2D eigenvalue weighted by atomic mass is 10.2. The quantitative estimate of drug-likeness (QED) is 0.563. The maximum atomic E-state index is 11.5. The first-order valence-electron chi connectivity index (χ1n) is 5.01. The van der Waals surface area contributed by atoms with Gasteiger partial charge in [-0.05, 0) is 32.9 Å². The van der Waals surface area contributed by atoms with Crippen molar-refractivity contribution in [1.29, 1.82) is 0 Å². The highest BCUT2D eigenvalue weighted by Crippen LogP contribution is 2.05. The number of carbonyl (C=O) groups is 1. The topological polar surface area (TPSA) is 35.5 Å². The molecule has 0 aliphatic carbocycles. The van der Waals surface area contributed by atoms with E-state index >= 15 is 0 Å². The van der Waals surface area contributed by atoms with Gasteiger partial charge in [0.05, 0.1) is 11.7 Å². The van der Waals surface area contributed by atoms with E-state index in [-0.39, 0.29) is 12.1 Å². The van der Waals surface area contributed by atoms with Crippen molar-refractivity contribution in [1.82, 2.24) is 0 Å². The van der Waals surface area contributed by atoms with Gasteiger partial charge in [0, 0.05) is 0 Å². The minimum absolute atomic E-state index is 0.0450. The van der Waals surface area contributed by atoms with E-state index in [1.807, 2.05) is 19.9 Å². The number of esters is 1. The lowest BCUT2D eigenvalue weighted by molar-refractivity contribution is -0.120. The van der Waals surface area contributed by atoms with Gasteiger partial charge in [0.25, 0.3) is 0 Å². The van der Waals surface area contributed by atoms with Crippen molar-refractivity contribution < 1.29 is 14.3 Å². The van der Waals surface area contributed by atoms with Crippen LogP contribution < -0.4 is 0 Å². The SMILES string of the molecule is CC(C)O[C@H](C)OC(=O)c1ccccc1. The number of rotatable bonds is 4. The number of hydrogen-bond acceptors (Lipinski definition) is 3. The highest BCUT2D eigenvalue weighted by atomic mass is 16.7. The summed E-state index contributed by atoms with van der Waals surface area (Å²) in [5.41, 5.74) is 0.539. The van der Waals surface area contributed by atoms with Crippen molar-refractivity contribution in [3.05, 3.63) is 35.9 Å². The van der Waals surface area contributed by atoms with Gasteiger partial charge in [-0.3, -0.25) is 0 Å². The van der Waals surface area contributed by atoms with Crippen molar-refractivity contribution in [3.8, 4) is 0 Å². The van der Waals surface area contributed by atoms with Crippen LogP contribution in [0.5, 0.6) is 0 Å². The molecule has 0 radical (unpaired) electrons. The minimum Gasteiger partial charge on any atom is -0.432 e. The zero-order chi connectivity index (χ0) is 11.3. The van der Waals surface area contributed by atoms with Crippen molar-refractivity contribution in [2.75, 3.05) is 0 Å². The number of hydrogen-bond donors (Lipinski definition) is 0. The molecule has 1 aromatic rings. The van der Waals surface area contributed by atoms with Crippen molar-refractivity contribution in [3.63, 3.8) is 0 Å². The Hall–Kier alpha value is -1.35. The van der Waals surface area contributed by atoms with Gasteiger partial charge in [0.2, 0.25) is 6.29 Å². The molecule has 15 heavy (non-hydrogen) atoms. The van der Waals surface area contributed by atoms with Crippen LogP contribution in [0.3, 0.4) is 0 Å². The Morgan fingerprint density at radius 3 is 2.27 bits per heavy atom. The average molecular weight is 208 g/mol. The van der Waals surface area contributed by atoms with E-state index in [0.717, 1.165) is 0 Å². The lowest BCUT2D eigenvalue weighted by Crippen LogP contribution is -2.21. The maximum Gasteiger partial charge on any atom is 0.340 e. The smallest absolute Gasteiger partial charge is 0.340 e. The molecule has 0 spiro atoms. The first kappa shape index (κ1) is 11.7. The van der Waals surface area contributed by atoms with E-state index in [1.54, 1.807) is 31.2 Å². The molecule has 0 unspecified atom stereocenters. The summed E-state index contributed by atoms with van der Waals surface area (Å²) in [5, 5.41) is 0. The Morgan fingerprint density at radius 2 is 1.73 bits per heavy atom. The molecule has 0 saturated heterocycles. The Balaban J connectivity index is 2.49. The van der Waals surface area contributed by atoms with Gasteiger partial charge < -0.3 is 9.47 Å². The van der Waals surface area contributed by atoms with Gasteiger partial charge in [0.15, 0.2) is 0 Å². The molecule has 3 heteroatoms. The maximum absolute atomic E-state index is 11.5. The second kappa shape index (κ2) is 5.51. The molecule has 1 rings (SSSR count). The predicted molar refractivity (Wildman–Crippen MR) is 57.5 cm³/mol. The fourth-order valence-corrected chi connectivity index (χ4v) is 1.20. The van der Waals surface area contributed by atoms with Crippen LogP contribution in [-0.4, -0.2) is 18.4 Å². The summed E-state index contributed by atoms with van der Waals surface area (Å²) in [7, 11) is 0. The molecular weight excluding hydrogens is 192 g/mol. The first-order valence-corrected chi connectivity index (χ1v) is 5.01. The molecule has 0 fully saturated rings. The van der Waals surface area contributed by atoms with Crippen LogP contribution in [0, 0.1) is 0 Å². The Labute approximate surface area is 90.0 Å². The Bertz CT molecular complexity index is 306. The normalized spacial score (nSPS) is 12.5. The molecule has 0 aromatic heterocycles. The molecule has 0 bridgehead atoms. The molecule has 0 aliphatic rings. The summed E-state index contributed by atoms with van der Waals surface area (Å²) >= 11 is 0. The molecule has 0 N–H and O–H groups in total. The zero-order valence-electron chi connectivity index (χ0n) is 9.27. The first-order chi connectivity index (χ1) is 7.09. The van der Waals surface area contributed by atoms with Crippen LogP contribution in [0.2, 0.25) is 0 Å². The fourth-order valence-electron chi connectivity index (χ4n) is 1.20. The van der Waals surface area contributed by atoms with Crippen LogP contribution in [0.4, 0.5) is 0 Å². The van der Waals surface area contributed by atoms with E-state index < -0.39 is 6.29 Å². The third-order valence-corrected chi connectivity index (χ3v) is 1.75. The van der Waals surface area contributed by atoms with Crippen molar-refractivity contribution >= 4 is 5.97 Å². The van der Waals surface area contributed by atoms with Crippen molar-refractivity contribution in [2.24, 2.45) is 0 Å². The van der Waals surface area contributed by atoms with Crippen LogP contribution in [0.15, 0.2) is 30.3 Å². The third-order valence-electron chi connectivity index (χ3n) is 1.75. The summed E-state index contributed by atoms with van der Waals surface area (Å²) in [5.74, 6) is -0.358.